The molecule has 3 heteroatoms. The Morgan fingerprint density at radius 2 is 1.85 bits per heavy atom. The minimum absolute atomic E-state index is 0.421. The molecule has 0 saturated heterocycles. The summed E-state index contributed by atoms with van der Waals surface area (Å²) in [5.74, 6) is 0. The zero-order chi connectivity index (χ0) is 14.5. The second-order valence-corrected chi connectivity index (χ2v) is 6.03. The van der Waals surface area contributed by atoms with Crippen LogP contribution in [0.4, 0.5) is 5.69 Å². The summed E-state index contributed by atoms with van der Waals surface area (Å²) in [7, 11) is 2.06. The zero-order valence-electron chi connectivity index (χ0n) is 11.9. The molecule has 2 aromatic rings. The summed E-state index contributed by atoms with van der Waals surface area (Å²) in [4.78, 5) is 2.18. The number of aliphatic hydroxyl groups is 1. The van der Waals surface area contributed by atoms with Gasteiger partial charge in [-0.05, 0) is 48.7 Å². The minimum atomic E-state index is -0.421. The van der Waals surface area contributed by atoms with E-state index in [2.05, 4.69) is 59.1 Å². The molecule has 0 fully saturated rings. The predicted molar refractivity (Wildman–Crippen MR) is 88.2 cm³/mol. The monoisotopic (exact) mass is 333 g/mol. The van der Waals surface area contributed by atoms with E-state index in [9.17, 15) is 5.11 Å². The number of hydrogen-bond donors (Lipinski definition) is 1. The summed E-state index contributed by atoms with van der Waals surface area (Å²) >= 11 is 3.40. The maximum atomic E-state index is 10.2. The smallest absolute Gasteiger partial charge is 0.0806 e. The van der Waals surface area contributed by atoms with Gasteiger partial charge in [0.25, 0.3) is 0 Å². The lowest BCUT2D eigenvalue weighted by molar-refractivity contribution is 0.170. The highest BCUT2D eigenvalue weighted by Gasteiger charge is 2.09. The summed E-state index contributed by atoms with van der Waals surface area (Å²) in [5, 5.41) is 10.2. The molecule has 0 bridgehead atoms. The Bertz CT molecular complexity index is 553. The van der Waals surface area contributed by atoms with E-state index in [1.54, 1.807) is 0 Å². The van der Waals surface area contributed by atoms with E-state index >= 15 is 0 Å². The van der Waals surface area contributed by atoms with Crippen LogP contribution in [0.3, 0.4) is 0 Å². The average molecular weight is 334 g/mol. The second kappa shape index (κ2) is 6.91. The van der Waals surface area contributed by atoms with Crippen LogP contribution in [0.25, 0.3) is 0 Å². The van der Waals surface area contributed by atoms with Gasteiger partial charge >= 0.3 is 0 Å². The zero-order valence-corrected chi connectivity index (χ0v) is 13.5. The molecule has 0 heterocycles. The van der Waals surface area contributed by atoms with E-state index < -0.39 is 6.10 Å². The van der Waals surface area contributed by atoms with E-state index in [1.807, 2.05) is 24.3 Å². The van der Waals surface area contributed by atoms with Crippen LogP contribution in [-0.4, -0.2) is 18.7 Å². The Morgan fingerprint density at radius 1 is 1.15 bits per heavy atom. The van der Waals surface area contributed by atoms with Crippen molar-refractivity contribution in [1.82, 2.24) is 0 Å². The SMILES string of the molecule is Cc1cccc(N(C)CCC(O)c2ccc(Br)cc2)c1. The van der Waals surface area contributed by atoms with E-state index in [-0.39, 0.29) is 0 Å². The van der Waals surface area contributed by atoms with Gasteiger partial charge in [-0.3, -0.25) is 0 Å². The predicted octanol–water partition coefficient (Wildman–Crippen LogP) is 4.32. The third kappa shape index (κ3) is 4.09. The van der Waals surface area contributed by atoms with Gasteiger partial charge in [-0.25, -0.2) is 0 Å². The van der Waals surface area contributed by atoms with Crippen LogP contribution in [0.2, 0.25) is 0 Å². The van der Waals surface area contributed by atoms with Crippen molar-refractivity contribution in [1.29, 1.82) is 0 Å². The summed E-state index contributed by atoms with van der Waals surface area (Å²) in [6.45, 7) is 2.91. The first-order valence-corrected chi connectivity index (χ1v) is 7.57. The molecule has 2 nitrogen and oxygen atoms in total. The number of rotatable bonds is 5. The highest BCUT2D eigenvalue weighted by Crippen LogP contribution is 2.21. The largest absolute Gasteiger partial charge is 0.388 e. The Kier molecular flexibility index (Phi) is 5.21. The molecule has 0 saturated carbocycles. The molecule has 106 valence electrons. The number of anilines is 1. The highest BCUT2D eigenvalue weighted by atomic mass is 79.9. The van der Waals surface area contributed by atoms with Crippen LogP contribution in [-0.2, 0) is 0 Å². The van der Waals surface area contributed by atoms with Crippen LogP contribution < -0.4 is 4.90 Å². The lowest BCUT2D eigenvalue weighted by Crippen LogP contribution is -2.20. The third-order valence-corrected chi connectivity index (χ3v) is 3.96. The summed E-state index contributed by atoms with van der Waals surface area (Å²) in [6.07, 6.45) is 0.293. The van der Waals surface area contributed by atoms with Crippen LogP contribution in [0.15, 0.2) is 53.0 Å². The number of nitrogens with zero attached hydrogens (tertiary/aromatic N) is 1. The molecular weight excluding hydrogens is 314 g/mol. The van der Waals surface area contributed by atoms with Crippen molar-refractivity contribution in [3.05, 3.63) is 64.1 Å². The Labute approximate surface area is 129 Å². The third-order valence-electron chi connectivity index (χ3n) is 3.44. The van der Waals surface area contributed by atoms with Crippen molar-refractivity contribution < 1.29 is 5.11 Å². The molecule has 0 amide bonds. The second-order valence-electron chi connectivity index (χ2n) is 5.12. The molecule has 1 atom stereocenters. The lowest BCUT2D eigenvalue weighted by Gasteiger charge is -2.21. The molecule has 20 heavy (non-hydrogen) atoms. The highest BCUT2D eigenvalue weighted by molar-refractivity contribution is 9.10. The van der Waals surface area contributed by atoms with Crippen LogP contribution in [0, 0.1) is 6.92 Å². The first-order valence-electron chi connectivity index (χ1n) is 6.77. The first-order chi connectivity index (χ1) is 9.56. The van der Waals surface area contributed by atoms with Crippen molar-refractivity contribution in [2.45, 2.75) is 19.4 Å². The summed E-state index contributed by atoms with van der Waals surface area (Å²) < 4.78 is 1.03. The van der Waals surface area contributed by atoms with E-state index in [0.717, 1.165) is 16.6 Å². The van der Waals surface area contributed by atoms with Gasteiger partial charge in [0.2, 0.25) is 0 Å². The van der Waals surface area contributed by atoms with Crippen molar-refractivity contribution in [3.63, 3.8) is 0 Å². The van der Waals surface area contributed by atoms with Crippen LogP contribution in [0.1, 0.15) is 23.7 Å². The van der Waals surface area contributed by atoms with Gasteiger partial charge in [0, 0.05) is 23.8 Å². The van der Waals surface area contributed by atoms with Crippen molar-refractivity contribution in [3.8, 4) is 0 Å². The van der Waals surface area contributed by atoms with Gasteiger partial charge in [-0.2, -0.15) is 0 Å². The van der Waals surface area contributed by atoms with Gasteiger partial charge in [0.05, 0.1) is 6.10 Å². The van der Waals surface area contributed by atoms with E-state index in [0.29, 0.717) is 6.42 Å². The van der Waals surface area contributed by atoms with Gasteiger partial charge in [0.15, 0.2) is 0 Å². The first kappa shape index (κ1) is 15.1. The van der Waals surface area contributed by atoms with Gasteiger partial charge in [-0.15, -0.1) is 0 Å². The Hall–Kier alpha value is -1.32. The fraction of sp³-hybridized carbons (Fsp3) is 0.294. The van der Waals surface area contributed by atoms with E-state index in [1.165, 1.54) is 11.3 Å². The number of aliphatic hydroxyl groups excluding tert-OH is 1. The maximum absolute atomic E-state index is 10.2. The van der Waals surface area contributed by atoms with Gasteiger partial charge in [0.1, 0.15) is 0 Å². The normalized spacial score (nSPS) is 12.2. The summed E-state index contributed by atoms with van der Waals surface area (Å²) in [5.41, 5.74) is 3.40. The molecule has 0 aliphatic heterocycles. The molecule has 1 N–H and O–H groups in total. The Balaban J connectivity index is 1.93. The number of benzene rings is 2. The quantitative estimate of drug-likeness (QED) is 0.880. The van der Waals surface area contributed by atoms with Gasteiger partial charge < -0.3 is 10.0 Å². The molecule has 2 aromatic carbocycles. The van der Waals surface area contributed by atoms with Crippen molar-refractivity contribution >= 4 is 21.6 Å². The Morgan fingerprint density at radius 3 is 2.50 bits per heavy atom. The summed E-state index contributed by atoms with van der Waals surface area (Å²) in [6, 6.07) is 16.2. The number of halogens is 1. The molecule has 0 radical (unpaired) electrons. The van der Waals surface area contributed by atoms with Crippen molar-refractivity contribution in [2.24, 2.45) is 0 Å². The molecule has 1 unspecified atom stereocenters. The van der Waals surface area contributed by atoms with Crippen molar-refractivity contribution in [2.75, 3.05) is 18.5 Å². The molecule has 0 aliphatic rings. The molecule has 2 rings (SSSR count). The molecular formula is C17H20BrNO. The number of hydrogen-bond acceptors (Lipinski definition) is 2. The fourth-order valence-corrected chi connectivity index (χ4v) is 2.43. The van der Waals surface area contributed by atoms with Crippen LogP contribution >= 0.6 is 15.9 Å². The molecule has 0 aromatic heterocycles. The maximum Gasteiger partial charge on any atom is 0.0806 e. The number of aryl methyl sites for hydroxylation is 1. The average Bonchev–Trinajstić information content (AvgIpc) is 2.45. The fourth-order valence-electron chi connectivity index (χ4n) is 2.16. The molecule has 0 aliphatic carbocycles. The van der Waals surface area contributed by atoms with Crippen LogP contribution in [0.5, 0.6) is 0 Å². The van der Waals surface area contributed by atoms with E-state index in [4.69, 9.17) is 0 Å². The minimum Gasteiger partial charge on any atom is -0.388 e. The topological polar surface area (TPSA) is 23.5 Å². The van der Waals surface area contributed by atoms with Gasteiger partial charge in [-0.1, -0.05) is 40.2 Å². The molecule has 0 spiro atoms. The lowest BCUT2D eigenvalue weighted by atomic mass is 10.1. The standard InChI is InChI=1S/C17H20BrNO/c1-13-4-3-5-16(12-13)19(2)11-10-17(20)14-6-8-15(18)9-7-14/h3-9,12,17,20H,10-11H2,1-2H3.